The van der Waals surface area contributed by atoms with Crippen LogP contribution in [0, 0.1) is 0 Å². The molecule has 2 N–H and O–H groups in total. The number of para-hydroxylation sites is 2. The van der Waals surface area contributed by atoms with Gasteiger partial charge in [0.2, 0.25) is 0 Å². The predicted octanol–water partition coefficient (Wildman–Crippen LogP) is 4.25. The Balaban J connectivity index is 2.08. The molecule has 0 aliphatic rings. The lowest BCUT2D eigenvalue weighted by Crippen LogP contribution is -2.31. The third-order valence-electron chi connectivity index (χ3n) is 3.90. The van der Waals surface area contributed by atoms with E-state index in [0.29, 0.717) is 22.6 Å². The van der Waals surface area contributed by atoms with Crippen molar-refractivity contribution in [3.8, 4) is 5.75 Å². The maximum Gasteiger partial charge on any atom is 0.255 e. The zero-order chi connectivity index (χ0) is 19.1. The molecule has 0 saturated carbocycles. The average Bonchev–Trinajstić information content (AvgIpc) is 2.62. The smallest absolute Gasteiger partial charge is 0.255 e. The Morgan fingerprint density at radius 3 is 2.08 bits per heavy atom. The first-order chi connectivity index (χ1) is 12.4. The fourth-order valence-electron chi connectivity index (χ4n) is 2.30. The largest absolute Gasteiger partial charge is 0.489 e. The SMILES string of the molecule is CCC(C)NC(=O)c1ccc(C(=O)Nc2ccccc2OC(C)C)cc1. The molecular weight excluding hydrogens is 328 g/mol. The first-order valence-electron chi connectivity index (χ1n) is 8.88. The Bertz CT molecular complexity index is 754. The Kier molecular flexibility index (Phi) is 6.78. The second kappa shape index (κ2) is 9.04. The minimum Gasteiger partial charge on any atom is -0.489 e. The zero-order valence-electron chi connectivity index (χ0n) is 15.7. The van der Waals surface area contributed by atoms with Crippen molar-refractivity contribution in [2.45, 2.75) is 46.3 Å². The van der Waals surface area contributed by atoms with E-state index < -0.39 is 0 Å². The van der Waals surface area contributed by atoms with Crippen LogP contribution in [0.3, 0.4) is 0 Å². The standard InChI is InChI=1S/C21H26N2O3/c1-5-15(4)22-20(24)16-10-12-17(13-11-16)21(25)23-18-8-6-7-9-19(18)26-14(2)3/h6-15H,5H2,1-4H3,(H,22,24)(H,23,25). The molecule has 26 heavy (non-hydrogen) atoms. The molecule has 2 aromatic carbocycles. The molecule has 0 bridgehead atoms. The summed E-state index contributed by atoms with van der Waals surface area (Å²) in [6, 6.07) is 14.0. The van der Waals surface area contributed by atoms with Crippen molar-refractivity contribution >= 4 is 17.5 Å². The van der Waals surface area contributed by atoms with Gasteiger partial charge in [0.25, 0.3) is 11.8 Å². The van der Waals surface area contributed by atoms with Gasteiger partial charge in [-0.15, -0.1) is 0 Å². The van der Waals surface area contributed by atoms with Crippen molar-refractivity contribution < 1.29 is 14.3 Å². The summed E-state index contributed by atoms with van der Waals surface area (Å²) in [4.78, 5) is 24.6. The molecule has 5 heteroatoms. The number of anilines is 1. The van der Waals surface area contributed by atoms with Crippen LogP contribution in [-0.2, 0) is 0 Å². The van der Waals surface area contributed by atoms with Crippen LogP contribution in [0.2, 0.25) is 0 Å². The third-order valence-corrected chi connectivity index (χ3v) is 3.90. The number of ether oxygens (including phenoxy) is 1. The number of rotatable bonds is 7. The summed E-state index contributed by atoms with van der Waals surface area (Å²) in [6.45, 7) is 7.83. The van der Waals surface area contributed by atoms with Crippen molar-refractivity contribution in [2.75, 3.05) is 5.32 Å². The topological polar surface area (TPSA) is 67.4 Å². The highest BCUT2D eigenvalue weighted by molar-refractivity contribution is 6.05. The fourth-order valence-corrected chi connectivity index (χ4v) is 2.30. The summed E-state index contributed by atoms with van der Waals surface area (Å²) in [5.41, 5.74) is 1.62. The summed E-state index contributed by atoms with van der Waals surface area (Å²) in [5, 5.41) is 5.76. The molecule has 1 unspecified atom stereocenters. The molecule has 138 valence electrons. The molecule has 0 aromatic heterocycles. The Morgan fingerprint density at radius 2 is 1.50 bits per heavy atom. The van der Waals surface area contributed by atoms with Gasteiger partial charge in [0.05, 0.1) is 11.8 Å². The molecular formula is C21H26N2O3. The van der Waals surface area contributed by atoms with E-state index in [-0.39, 0.29) is 24.0 Å². The van der Waals surface area contributed by atoms with Crippen LogP contribution in [0.5, 0.6) is 5.75 Å². The molecule has 2 rings (SSSR count). The number of nitrogens with one attached hydrogen (secondary N) is 2. The molecule has 0 aliphatic heterocycles. The van der Waals surface area contributed by atoms with Crippen molar-refractivity contribution in [3.63, 3.8) is 0 Å². The lowest BCUT2D eigenvalue weighted by atomic mass is 10.1. The molecule has 0 spiro atoms. The van der Waals surface area contributed by atoms with Crippen LogP contribution in [-0.4, -0.2) is 24.0 Å². The van der Waals surface area contributed by atoms with Crippen molar-refractivity contribution in [3.05, 3.63) is 59.7 Å². The summed E-state index contributed by atoms with van der Waals surface area (Å²) in [7, 11) is 0. The Morgan fingerprint density at radius 1 is 0.923 bits per heavy atom. The molecule has 2 amide bonds. The van der Waals surface area contributed by atoms with E-state index >= 15 is 0 Å². The lowest BCUT2D eigenvalue weighted by Gasteiger charge is -2.15. The summed E-state index contributed by atoms with van der Waals surface area (Å²) >= 11 is 0. The molecule has 1 atom stereocenters. The zero-order valence-corrected chi connectivity index (χ0v) is 15.7. The summed E-state index contributed by atoms with van der Waals surface area (Å²) in [5.74, 6) is 0.237. The van der Waals surface area contributed by atoms with Gasteiger partial charge in [0, 0.05) is 17.2 Å². The minimum atomic E-state index is -0.251. The van der Waals surface area contributed by atoms with Gasteiger partial charge in [-0.25, -0.2) is 0 Å². The number of carbonyl (C=O) groups is 2. The van der Waals surface area contributed by atoms with Crippen molar-refractivity contribution in [1.82, 2.24) is 5.32 Å². The van der Waals surface area contributed by atoms with E-state index in [1.807, 2.05) is 45.9 Å². The number of hydrogen-bond acceptors (Lipinski definition) is 3. The number of carbonyl (C=O) groups excluding carboxylic acids is 2. The van der Waals surface area contributed by atoms with Gasteiger partial charge >= 0.3 is 0 Å². The third kappa shape index (κ3) is 5.34. The van der Waals surface area contributed by atoms with E-state index in [0.717, 1.165) is 6.42 Å². The van der Waals surface area contributed by atoms with E-state index in [1.54, 1.807) is 30.3 Å². The van der Waals surface area contributed by atoms with Gasteiger partial charge in [-0.3, -0.25) is 9.59 Å². The summed E-state index contributed by atoms with van der Waals surface area (Å²) < 4.78 is 5.71. The van der Waals surface area contributed by atoms with Gasteiger partial charge in [0.1, 0.15) is 5.75 Å². The summed E-state index contributed by atoms with van der Waals surface area (Å²) in [6.07, 6.45) is 0.876. The highest BCUT2D eigenvalue weighted by Crippen LogP contribution is 2.25. The monoisotopic (exact) mass is 354 g/mol. The fraction of sp³-hybridized carbons (Fsp3) is 0.333. The first-order valence-corrected chi connectivity index (χ1v) is 8.88. The van der Waals surface area contributed by atoms with Gasteiger partial charge < -0.3 is 15.4 Å². The van der Waals surface area contributed by atoms with Gasteiger partial charge in [-0.2, -0.15) is 0 Å². The van der Waals surface area contributed by atoms with E-state index in [4.69, 9.17) is 4.74 Å². The number of hydrogen-bond donors (Lipinski definition) is 2. The van der Waals surface area contributed by atoms with E-state index in [1.165, 1.54) is 0 Å². The lowest BCUT2D eigenvalue weighted by molar-refractivity contribution is 0.0937. The highest BCUT2D eigenvalue weighted by Gasteiger charge is 2.13. The maximum atomic E-state index is 12.5. The molecule has 0 heterocycles. The molecule has 0 saturated heterocycles. The van der Waals surface area contributed by atoms with Crippen LogP contribution in [0.25, 0.3) is 0 Å². The minimum absolute atomic E-state index is 0.0105. The van der Waals surface area contributed by atoms with Crippen LogP contribution >= 0.6 is 0 Å². The molecule has 2 aromatic rings. The predicted molar refractivity (Wildman–Crippen MR) is 104 cm³/mol. The van der Waals surface area contributed by atoms with Crippen LogP contribution in [0.15, 0.2) is 48.5 Å². The van der Waals surface area contributed by atoms with Gasteiger partial charge in [-0.1, -0.05) is 19.1 Å². The van der Waals surface area contributed by atoms with E-state index in [9.17, 15) is 9.59 Å². The molecule has 0 fully saturated rings. The van der Waals surface area contributed by atoms with Gasteiger partial charge in [0.15, 0.2) is 0 Å². The van der Waals surface area contributed by atoms with Crippen LogP contribution < -0.4 is 15.4 Å². The average molecular weight is 354 g/mol. The maximum absolute atomic E-state index is 12.5. The molecule has 5 nitrogen and oxygen atoms in total. The number of benzene rings is 2. The normalized spacial score (nSPS) is 11.7. The molecule has 0 radical (unpaired) electrons. The Hall–Kier alpha value is -2.82. The van der Waals surface area contributed by atoms with Crippen LogP contribution in [0.4, 0.5) is 5.69 Å². The quantitative estimate of drug-likeness (QED) is 0.781. The second-order valence-electron chi connectivity index (χ2n) is 6.48. The molecule has 0 aliphatic carbocycles. The Labute approximate surface area is 154 Å². The van der Waals surface area contributed by atoms with Crippen LogP contribution in [0.1, 0.15) is 54.8 Å². The van der Waals surface area contributed by atoms with Crippen molar-refractivity contribution in [2.24, 2.45) is 0 Å². The highest BCUT2D eigenvalue weighted by atomic mass is 16.5. The second-order valence-corrected chi connectivity index (χ2v) is 6.48. The first kappa shape index (κ1) is 19.5. The number of amides is 2. The van der Waals surface area contributed by atoms with Crippen molar-refractivity contribution in [1.29, 1.82) is 0 Å². The van der Waals surface area contributed by atoms with E-state index in [2.05, 4.69) is 10.6 Å². The van der Waals surface area contributed by atoms with Gasteiger partial charge in [-0.05, 0) is 63.6 Å².